The van der Waals surface area contributed by atoms with E-state index in [1.165, 1.54) is 12.5 Å². The van der Waals surface area contributed by atoms with E-state index >= 15 is 0 Å². The van der Waals surface area contributed by atoms with Crippen molar-refractivity contribution in [2.45, 2.75) is 105 Å². The molecule has 4 nitrogen and oxygen atoms in total. The Morgan fingerprint density at radius 2 is 1.85 bits per heavy atom. The van der Waals surface area contributed by atoms with Crippen molar-refractivity contribution >= 4 is 11.8 Å². The smallest absolute Gasteiger partial charge is 0.302 e. The fourth-order valence-electron chi connectivity index (χ4n) is 8.24. The molecule has 4 aliphatic carbocycles. The van der Waals surface area contributed by atoms with Crippen molar-refractivity contribution in [2.75, 3.05) is 0 Å². The van der Waals surface area contributed by atoms with Gasteiger partial charge in [-0.25, -0.2) is 0 Å². The average molecular weight is 471 g/mol. The molecular weight excluding hydrogens is 424 g/mol. The first-order chi connectivity index (χ1) is 15.8. The van der Waals surface area contributed by atoms with Crippen molar-refractivity contribution in [1.82, 2.24) is 0 Å². The van der Waals surface area contributed by atoms with Crippen LogP contribution in [0.1, 0.15) is 93.4 Å². The molecule has 0 unspecified atom stereocenters. The van der Waals surface area contributed by atoms with Gasteiger partial charge >= 0.3 is 5.97 Å². The Balaban J connectivity index is 1.60. The highest BCUT2D eigenvalue weighted by atomic mass is 16.5. The molecule has 0 spiro atoms. The van der Waals surface area contributed by atoms with E-state index in [1.807, 2.05) is 0 Å². The normalized spacial score (nSPS) is 43.7. The fourth-order valence-corrected chi connectivity index (χ4v) is 8.24. The minimum absolute atomic E-state index is 0.00893. The molecule has 0 aromatic carbocycles. The van der Waals surface area contributed by atoms with Gasteiger partial charge in [0.2, 0.25) is 0 Å². The lowest BCUT2D eigenvalue weighted by Gasteiger charge is -2.60. The highest BCUT2D eigenvalue weighted by Gasteiger charge is 2.65. The largest absolute Gasteiger partial charge is 0.462 e. The van der Waals surface area contributed by atoms with Gasteiger partial charge in [-0.3, -0.25) is 9.59 Å². The minimum Gasteiger partial charge on any atom is -0.462 e. The fraction of sp³-hybridized carbons (Fsp3) is 0.800. The summed E-state index contributed by atoms with van der Waals surface area (Å²) in [5.74, 6) is 2.40. The number of Topliss-reactive ketones (excluding diaryl/α,β-unsaturated/α-hetero) is 1. The van der Waals surface area contributed by atoms with Crippen molar-refractivity contribution in [3.8, 4) is 0 Å². The Hall–Kier alpha value is -1.42. The van der Waals surface area contributed by atoms with Crippen LogP contribution in [0.4, 0.5) is 0 Å². The first kappa shape index (κ1) is 25.7. The van der Waals surface area contributed by atoms with Crippen LogP contribution in [0.3, 0.4) is 0 Å². The second-order valence-corrected chi connectivity index (χ2v) is 13.0. The Bertz CT molecular complexity index is 886. The van der Waals surface area contributed by atoms with Gasteiger partial charge in [0.1, 0.15) is 11.9 Å². The maximum atomic E-state index is 13.9. The van der Waals surface area contributed by atoms with Crippen LogP contribution in [0.2, 0.25) is 0 Å². The molecule has 0 radical (unpaired) electrons. The Labute approximate surface area is 206 Å². The van der Waals surface area contributed by atoms with E-state index in [-0.39, 0.29) is 23.4 Å². The molecule has 4 heteroatoms. The minimum atomic E-state index is -0.996. The van der Waals surface area contributed by atoms with Gasteiger partial charge in [-0.15, -0.1) is 0 Å². The first-order valence-electron chi connectivity index (χ1n) is 13.6. The second-order valence-electron chi connectivity index (χ2n) is 13.0. The summed E-state index contributed by atoms with van der Waals surface area (Å²) in [5, 5.41) is 11.8. The third-order valence-electron chi connectivity index (χ3n) is 10.7. The highest BCUT2D eigenvalue weighted by molar-refractivity contribution is 5.87. The molecule has 0 aromatic rings. The summed E-state index contributed by atoms with van der Waals surface area (Å²) in [7, 11) is 0. The van der Waals surface area contributed by atoms with Crippen LogP contribution in [0.25, 0.3) is 0 Å². The lowest BCUT2D eigenvalue weighted by Crippen LogP contribution is -2.62. The van der Waals surface area contributed by atoms with E-state index in [2.05, 4.69) is 59.8 Å². The molecule has 190 valence electrons. The van der Waals surface area contributed by atoms with Crippen molar-refractivity contribution in [3.63, 3.8) is 0 Å². The number of hydrogen-bond acceptors (Lipinski definition) is 4. The topological polar surface area (TPSA) is 63.6 Å². The predicted octanol–water partition coefficient (Wildman–Crippen LogP) is 6.28. The number of carbonyl (C=O) groups excluding carboxylic acids is 2. The molecule has 0 amide bonds. The number of aliphatic hydroxyl groups is 1. The first-order valence-corrected chi connectivity index (χ1v) is 13.6. The summed E-state index contributed by atoms with van der Waals surface area (Å²) in [4.78, 5) is 25.4. The number of ketones is 1. The monoisotopic (exact) mass is 470 g/mol. The molecule has 0 aliphatic heterocycles. The highest BCUT2D eigenvalue weighted by Crippen LogP contribution is 2.66. The molecule has 0 heterocycles. The average Bonchev–Trinajstić information content (AvgIpc) is 3.08. The van der Waals surface area contributed by atoms with Crippen LogP contribution in [0, 0.1) is 46.3 Å². The van der Waals surface area contributed by atoms with Crippen LogP contribution in [0.5, 0.6) is 0 Å². The zero-order valence-electron chi connectivity index (χ0n) is 22.4. The Kier molecular flexibility index (Phi) is 6.72. The Morgan fingerprint density at radius 3 is 2.50 bits per heavy atom. The number of hydrogen-bond donors (Lipinski definition) is 1. The summed E-state index contributed by atoms with van der Waals surface area (Å²) in [5.41, 5.74) is -0.177. The van der Waals surface area contributed by atoms with Crippen LogP contribution in [0.15, 0.2) is 23.8 Å². The van der Waals surface area contributed by atoms with Gasteiger partial charge in [-0.2, -0.15) is 0 Å². The summed E-state index contributed by atoms with van der Waals surface area (Å²) in [6.07, 6.45) is 12.1. The number of allylic oxidation sites excluding steroid dienone is 3. The van der Waals surface area contributed by atoms with E-state index in [0.29, 0.717) is 61.1 Å². The summed E-state index contributed by atoms with van der Waals surface area (Å²) in [6.45, 7) is 15.1. The number of carbonyl (C=O) groups is 2. The quantitative estimate of drug-likeness (QED) is 0.380. The van der Waals surface area contributed by atoms with Gasteiger partial charge in [0.15, 0.2) is 0 Å². The molecule has 0 saturated heterocycles. The van der Waals surface area contributed by atoms with Crippen molar-refractivity contribution in [1.29, 1.82) is 0 Å². The van der Waals surface area contributed by atoms with Crippen molar-refractivity contribution in [3.05, 3.63) is 23.8 Å². The summed E-state index contributed by atoms with van der Waals surface area (Å²) < 4.78 is 5.48. The zero-order valence-corrected chi connectivity index (χ0v) is 22.4. The van der Waals surface area contributed by atoms with Gasteiger partial charge in [0.25, 0.3) is 0 Å². The number of fused-ring (bicyclic) bond motifs is 5. The maximum absolute atomic E-state index is 13.9. The van der Waals surface area contributed by atoms with Crippen LogP contribution in [-0.2, 0) is 14.3 Å². The summed E-state index contributed by atoms with van der Waals surface area (Å²) in [6, 6.07) is 0. The standard InChI is InChI=1S/C30H46O4/c1-18(2)19(3)8-9-20(4)24-10-11-25-23-13-15-30(33)16-22(34-21(5)31)12-14-29(30,7)27(23)26(32)17-28(24,25)6/h8-9,13,18-20,22,24-25,27,33H,10-12,14-17H2,1-7H3/b9-8+/t19-,20+,22+,24+,25-,27-,28-,29+,30+/m0/s1. The molecular formula is C30H46O4. The van der Waals surface area contributed by atoms with Gasteiger partial charge in [0.05, 0.1) is 5.60 Å². The van der Waals surface area contributed by atoms with Crippen LogP contribution >= 0.6 is 0 Å². The van der Waals surface area contributed by atoms with E-state index in [9.17, 15) is 14.7 Å². The number of ether oxygens (including phenoxy) is 1. The molecule has 9 atom stereocenters. The van der Waals surface area contributed by atoms with E-state index < -0.39 is 11.0 Å². The third-order valence-corrected chi connectivity index (χ3v) is 10.7. The molecule has 0 bridgehead atoms. The van der Waals surface area contributed by atoms with E-state index in [4.69, 9.17) is 4.74 Å². The number of rotatable bonds is 5. The van der Waals surface area contributed by atoms with E-state index in [0.717, 1.165) is 19.3 Å². The molecule has 3 fully saturated rings. The van der Waals surface area contributed by atoms with Crippen LogP contribution < -0.4 is 0 Å². The van der Waals surface area contributed by atoms with Gasteiger partial charge in [-0.05, 0) is 67.1 Å². The third kappa shape index (κ3) is 4.02. The zero-order chi connectivity index (χ0) is 25.1. The molecule has 3 saturated carbocycles. The number of esters is 1. The molecule has 0 aromatic heterocycles. The van der Waals surface area contributed by atoms with E-state index in [1.54, 1.807) is 0 Å². The molecule has 4 aliphatic rings. The van der Waals surface area contributed by atoms with Gasteiger partial charge in [-0.1, -0.05) is 65.3 Å². The Morgan fingerprint density at radius 1 is 1.15 bits per heavy atom. The van der Waals surface area contributed by atoms with Gasteiger partial charge in [0, 0.05) is 31.1 Å². The molecule has 1 N–H and O–H groups in total. The molecule has 4 rings (SSSR count). The summed E-state index contributed by atoms with van der Waals surface area (Å²) >= 11 is 0. The van der Waals surface area contributed by atoms with Crippen molar-refractivity contribution < 1.29 is 19.4 Å². The van der Waals surface area contributed by atoms with Crippen LogP contribution in [-0.4, -0.2) is 28.6 Å². The second kappa shape index (κ2) is 8.91. The molecule has 34 heavy (non-hydrogen) atoms. The maximum Gasteiger partial charge on any atom is 0.302 e. The SMILES string of the molecule is CC(=O)O[C@@H]1CC[C@]2(C)[C@@H]3C(=O)C[C@@]4(C)[C@@H]([C@H](C)/C=C/[C@H](C)C(C)C)CC[C@H]4C3=CC[C@@]2(O)C1. The van der Waals surface area contributed by atoms with Crippen molar-refractivity contribution in [2.24, 2.45) is 46.3 Å². The lowest BCUT2D eigenvalue weighted by molar-refractivity contribution is -0.186. The lowest BCUT2D eigenvalue weighted by atomic mass is 9.46. The van der Waals surface area contributed by atoms with Gasteiger partial charge < -0.3 is 9.84 Å². The predicted molar refractivity (Wildman–Crippen MR) is 135 cm³/mol.